The first-order chi connectivity index (χ1) is 7.44. The van der Waals surface area contributed by atoms with Gasteiger partial charge in [-0.3, -0.25) is 0 Å². The van der Waals surface area contributed by atoms with Crippen LogP contribution in [-0.4, -0.2) is 19.0 Å². The summed E-state index contributed by atoms with van der Waals surface area (Å²) in [5.41, 5.74) is 0. The minimum Gasteiger partial charge on any atom is -0.496 e. The third kappa shape index (κ3) is 4.14. The van der Waals surface area contributed by atoms with Gasteiger partial charge >= 0.3 is 6.18 Å². The zero-order valence-corrected chi connectivity index (χ0v) is 10.0. The molecular formula is C10H10ClF3OS. The molecule has 1 aromatic rings. The maximum atomic E-state index is 12.0. The number of benzene rings is 1. The van der Waals surface area contributed by atoms with Crippen molar-refractivity contribution in [2.45, 2.75) is 17.5 Å². The molecule has 0 heterocycles. The maximum absolute atomic E-state index is 12.0. The van der Waals surface area contributed by atoms with Crippen LogP contribution in [0.4, 0.5) is 13.2 Å². The van der Waals surface area contributed by atoms with Gasteiger partial charge in [0.05, 0.1) is 23.4 Å². The Labute approximate surface area is 101 Å². The second-order valence-electron chi connectivity index (χ2n) is 2.98. The molecule has 0 aliphatic carbocycles. The molecule has 1 aromatic carbocycles. The van der Waals surface area contributed by atoms with Gasteiger partial charge in [0.25, 0.3) is 0 Å². The Morgan fingerprint density at radius 1 is 1.38 bits per heavy atom. The Hall–Kier alpha value is -0.550. The van der Waals surface area contributed by atoms with E-state index < -0.39 is 12.6 Å². The van der Waals surface area contributed by atoms with Crippen LogP contribution in [0.2, 0.25) is 5.02 Å². The molecular weight excluding hydrogens is 261 g/mol. The highest BCUT2D eigenvalue weighted by Crippen LogP contribution is 2.37. The van der Waals surface area contributed by atoms with Gasteiger partial charge in [0.2, 0.25) is 0 Å². The minimum absolute atomic E-state index is 0.0659. The zero-order valence-electron chi connectivity index (χ0n) is 8.47. The SMILES string of the molecule is COc1cccc(Cl)c1SCCC(F)(F)F. The minimum atomic E-state index is -4.14. The Bertz CT molecular complexity index is 354. The van der Waals surface area contributed by atoms with Crippen molar-refractivity contribution in [3.63, 3.8) is 0 Å². The van der Waals surface area contributed by atoms with E-state index in [4.69, 9.17) is 16.3 Å². The summed E-state index contributed by atoms with van der Waals surface area (Å²) in [7, 11) is 1.46. The van der Waals surface area contributed by atoms with Crippen LogP contribution in [0, 0.1) is 0 Å². The Morgan fingerprint density at radius 2 is 2.06 bits per heavy atom. The Balaban J connectivity index is 2.66. The van der Waals surface area contributed by atoms with Gasteiger partial charge in [-0.2, -0.15) is 13.2 Å². The molecule has 6 heteroatoms. The van der Waals surface area contributed by atoms with Gasteiger partial charge in [-0.25, -0.2) is 0 Å². The van der Waals surface area contributed by atoms with Gasteiger partial charge in [0.15, 0.2) is 0 Å². The van der Waals surface area contributed by atoms with Gasteiger partial charge in [-0.15, -0.1) is 11.8 Å². The van der Waals surface area contributed by atoms with Gasteiger partial charge in [0, 0.05) is 5.75 Å². The van der Waals surface area contributed by atoms with Crippen LogP contribution in [0.3, 0.4) is 0 Å². The maximum Gasteiger partial charge on any atom is 0.389 e. The van der Waals surface area contributed by atoms with E-state index in [1.54, 1.807) is 18.2 Å². The van der Waals surface area contributed by atoms with Crippen LogP contribution < -0.4 is 4.74 Å². The number of thioether (sulfide) groups is 1. The summed E-state index contributed by atoms with van der Waals surface area (Å²) in [4.78, 5) is 0.552. The fourth-order valence-corrected chi connectivity index (χ4v) is 2.43. The summed E-state index contributed by atoms with van der Waals surface area (Å²) in [6, 6.07) is 4.98. The third-order valence-corrected chi connectivity index (χ3v) is 3.33. The van der Waals surface area contributed by atoms with E-state index in [1.165, 1.54) is 7.11 Å². The molecule has 0 bridgehead atoms. The predicted octanol–water partition coefficient (Wildman–Crippen LogP) is 4.39. The van der Waals surface area contributed by atoms with E-state index >= 15 is 0 Å². The van der Waals surface area contributed by atoms with Crippen molar-refractivity contribution in [2.24, 2.45) is 0 Å². The lowest BCUT2D eigenvalue weighted by atomic mass is 10.3. The summed E-state index contributed by atoms with van der Waals surface area (Å²) < 4.78 is 40.9. The van der Waals surface area contributed by atoms with Crippen LogP contribution in [0.25, 0.3) is 0 Å². The average molecular weight is 271 g/mol. The fourth-order valence-electron chi connectivity index (χ4n) is 1.06. The second kappa shape index (κ2) is 5.68. The van der Waals surface area contributed by atoms with Crippen LogP contribution in [0.15, 0.2) is 23.1 Å². The zero-order chi connectivity index (χ0) is 12.2. The van der Waals surface area contributed by atoms with Crippen LogP contribution in [-0.2, 0) is 0 Å². The summed E-state index contributed by atoms with van der Waals surface area (Å²) >= 11 is 6.92. The lowest BCUT2D eigenvalue weighted by Crippen LogP contribution is -2.08. The van der Waals surface area contributed by atoms with E-state index in [0.29, 0.717) is 15.7 Å². The predicted molar refractivity (Wildman–Crippen MR) is 59.4 cm³/mol. The molecule has 90 valence electrons. The molecule has 0 N–H and O–H groups in total. The number of hydrogen-bond donors (Lipinski definition) is 0. The number of hydrogen-bond acceptors (Lipinski definition) is 2. The number of rotatable bonds is 4. The number of methoxy groups -OCH3 is 1. The first-order valence-corrected chi connectivity index (χ1v) is 5.82. The third-order valence-electron chi connectivity index (χ3n) is 1.78. The lowest BCUT2D eigenvalue weighted by Gasteiger charge is -2.10. The summed E-state index contributed by atoms with van der Waals surface area (Å²) in [6.45, 7) is 0. The highest BCUT2D eigenvalue weighted by molar-refractivity contribution is 7.99. The van der Waals surface area contributed by atoms with E-state index in [2.05, 4.69) is 0 Å². The van der Waals surface area contributed by atoms with Crippen molar-refractivity contribution in [2.75, 3.05) is 12.9 Å². The van der Waals surface area contributed by atoms with Gasteiger partial charge in [-0.1, -0.05) is 17.7 Å². The highest BCUT2D eigenvalue weighted by Gasteiger charge is 2.26. The summed E-state index contributed by atoms with van der Waals surface area (Å²) in [5.74, 6) is 0.434. The van der Waals surface area contributed by atoms with Gasteiger partial charge in [0.1, 0.15) is 5.75 Å². The molecule has 0 atom stereocenters. The van der Waals surface area contributed by atoms with Crippen LogP contribution in [0.1, 0.15) is 6.42 Å². The van der Waals surface area contributed by atoms with Gasteiger partial charge in [-0.05, 0) is 12.1 Å². The standard InChI is InChI=1S/C10H10ClF3OS/c1-15-8-4-2-3-7(11)9(8)16-6-5-10(12,13)14/h2-4H,5-6H2,1H3. The van der Waals surface area contributed by atoms with Crippen molar-refractivity contribution in [1.29, 1.82) is 0 Å². The molecule has 0 aliphatic rings. The molecule has 16 heavy (non-hydrogen) atoms. The molecule has 0 amide bonds. The molecule has 1 nitrogen and oxygen atoms in total. The summed E-state index contributed by atoms with van der Waals surface area (Å²) in [5, 5.41) is 0.409. The molecule has 0 aliphatic heterocycles. The van der Waals surface area contributed by atoms with Crippen LogP contribution in [0.5, 0.6) is 5.75 Å². The van der Waals surface area contributed by atoms with Crippen molar-refractivity contribution in [3.05, 3.63) is 23.2 Å². The quantitative estimate of drug-likeness (QED) is 0.750. The molecule has 0 saturated heterocycles. The molecule has 1 rings (SSSR count). The first-order valence-electron chi connectivity index (χ1n) is 4.46. The lowest BCUT2D eigenvalue weighted by molar-refractivity contribution is -0.129. The molecule has 0 spiro atoms. The number of halogens is 4. The van der Waals surface area contributed by atoms with Crippen LogP contribution >= 0.6 is 23.4 Å². The highest BCUT2D eigenvalue weighted by atomic mass is 35.5. The molecule has 0 aromatic heterocycles. The molecule has 0 saturated carbocycles. The molecule has 0 radical (unpaired) electrons. The van der Waals surface area contributed by atoms with Crippen molar-refractivity contribution >= 4 is 23.4 Å². The number of ether oxygens (including phenoxy) is 1. The van der Waals surface area contributed by atoms with Crippen molar-refractivity contribution in [3.8, 4) is 5.75 Å². The van der Waals surface area contributed by atoms with E-state index in [0.717, 1.165) is 11.8 Å². The Kier molecular flexibility index (Phi) is 4.80. The smallest absolute Gasteiger partial charge is 0.389 e. The summed E-state index contributed by atoms with van der Waals surface area (Å²) in [6.07, 6.45) is -4.98. The van der Waals surface area contributed by atoms with E-state index in [9.17, 15) is 13.2 Å². The second-order valence-corrected chi connectivity index (χ2v) is 4.50. The largest absolute Gasteiger partial charge is 0.496 e. The van der Waals surface area contributed by atoms with E-state index in [-0.39, 0.29) is 5.75 Å². The number of alkyl halides is 3. The average Bonchev–Trinajstić information content (AvgIpc) is 2.18. The van der Waals surface area contributed by atoms with Crippen molar-refractivity contribution in [1.82, 2.24) is 0 Å². The van der Waals surface area contributed by atoms with Crippen molar-refractivity contribution < 1.29 is 17.9 Å². The fraction of sp³-hybridized carbons (Fsp3) is 0.400. The monoisotopic (exact) mass is 270 g/mol. The molecule has 0 fully saturated rings. The Morgan fingerprint density at radius 3 is 2.62 bits per heavy atom. The topological polar surface area (TPSA) is 9.23 Å². The van der Waals surface area contributed by atoms with E-state index in [1.807, 2.05) is 0 Å². The normalized spacial score (nSPS) is 11.6. The van der Waals surface area contributed by atoms with Gasteiger partial charge < -0.3 is 4.74 Å². The first kappa shape index (κ1) is 13.5. The molecule has 0 unspecified atom stereocenters.